The van der Waals surface area contributed by atoms with Gasteiger partial charge in [-0.05, 0) is 32.2 Å². The molecule has 78 valence electrons. The van der Waals surface area contributed by atoms with Crippen molar-refractivity contribution in [3.8, 4) is 0 Å². The van der Waals surface area contributed by atoms with Gasteiger partial charge in [0.15, 0.2) is 0 Å². The Morgan fingerprint density at radius 2 is 2.15 bits per heavy atom. The summed E-state index contributed by atoms with van der Waals surface area (Å²) in [6.45, 7) is 5.31. The molecule has 1 heterocycles. The van der Waals surface area contributed by atoms with Crippen LogP contribution in [0.1, 0.15) is 52.4 Å². The van der Waals surface area contributed by atoms with E-state index >= 15 is 0 Å². The van der Waals surface area contributed by atoms with E-state index in [0.29, 0.717) is 6.04 Å². The molecule has 2 N–H and O–H groups in total. The molecule has 1 fully saturated rings. The summed E-state index contributed by atoms with van der Waals surface area (Å²) in [6, 6.07) is 0.339. The number of piperidine rings is 1. The zero-order valence-electron chi connectivity index (χ0n) is 8.97. The van der Waals surface area contributed by atoms with Gasteiger partial charge in [-0.1, -0.05) is 26.7 Å². The van der Waals surface area contributed by atoms with Crippen molar-refractivity contribution < 1.29 is 5.11 Å². The molecule has 0 aromatic carbocycles. The van der Waals surface area contributed by atoms with E-state index in [2.05, 4.69) is 19.2 Å². The van der Waals surface area contributed by atoms with Gasteiger partial charge in [-0.3, -0.25) is 0 Å². The van der Waals surface area contributed by atoms with Crippen LogP contribution in [0.25, 0.3) is 0 Å². The average molecular weight is 185 g/mol. The van der Waals surface area contributed by atoms with Crippen molar-refractivity contribution in [3.63, 3.8) is 0 Å². The van der Waals surface area contributed by atoms with Crippen molar-refractivity contribution in [3.05, 3.63) is 0 Å². The van der Waals surface area contributed by atoms with E-state index in [9.17, 15) is 5.11 Å². The Hall–Kier alpha value is -0.0800. The monoisotopic (exact) mass is 185 g/mol. The van der Waals surface area contributed by atoms with Crippen LogP contribution in [-0.2, 0) is 0 Å². The van der Waals surface area contributed by atoms with Gasteiger partial charge in [0.1, 0.15) is 0 Å². The summed E-state index contributed by atoms with van der Waals surface area (Å²) < 4.78 is 0. The first-order chi connectivity index (χ1) is 6.23. The molecule has 13 heavy (non-hydrogen) atoms. The Bertz CT molecular complexity index is 143. The summed E-state index contributed by atoms with van der Waals surface area (Å²) in [5.41, 5.74) is -0.449. The van der Waals surface area contributed by atoms with Crippen molar-refractivity contribution in [2.45, 2.75) is 64.0 Å². The Kier molecular flexibility index (Phi) is 4.20. The largest absolute Gasteiger partial charge is 0.388 e. The van der Waals surface area contributed by atoms with E-state index in [0.717, 1.165) is 32.2 Å². The average Bonchev–Trinajstić information content (AvgIpc) is 2.19. The second-order valence-electron chi connectivity index (χ2n) is 4.21. The van der Waals surface area contributed by atoms with Gasteiger partial charge in [0.05, 0.1) is 5.60 Å². The molecule has 1 aliphatic rings. The third kappa shape index (κ3) is 2.68. The van der Waals surface area contributed by atoms with Gasteiger partial charge in [0.25, 0.3) is 0 Å². The van der Waals surface area contributed by atoms with Gasteiger partial charge in [-0.15, -0.1) is 0 Å². The fraction of sp³-hybridized carbons (Fsp3) is 1.00. The zero-order chi connectivity index (χ0) is 9.73. The molecule has 2 nitrogen and oxygen atoms in total. The van der Waals surface area contributed by atoms with Gasteiger partial charge in [0, 0.05) is 6.04 Å². The molecule has 0 bridgehead atoms. The summed E-state index contributed by atoms with van der Waals surface area (Å²) in [4.78, 5) is 0. The Balaban J connectivity index is 2.51. The van der Waals surface area contributed by atoms with E-state index in [4.69, 9.17) is 0 Å². The topological polar surface area (TPSA) is 32.3 Å². The van der Waals surface area contributed by atoms with Gasteiger partial charge >= 0.3 is 0 Å². The molecular weight excluding hydrogens is 162 g/mol. The number of hydrogen-bond acceptors (Lipinski definition) is 2. The van der Waals surface area contributed by atoms with Crippen LogP contribution in [0, 0.1) is 0 Å². The molecule has 2 unspecified atom stereocenters. The lowest BCUT2D eigenvalue weighted by Crippen LogP contribution is -2.52. The van der Waals surface area contributed by atoms with Gasteiger partial charge in [-0.25, -0.2) is 0 Å². The predicted octanol–water partition coefficient (Wildman–Crippen LogP) is 2.07. The molecule has 2 heteroatoms. The van der Waals surface area contributed by atoms with E-state index in [1.54, 1.807) is 0 Å². The lowest BCUT2D eigenvalue weighted by atomic mass is 9.82. The molecule has 1 aliphatic heterocycles. The van der Waals surface area contributed by atoms with E-state index in [-0.39, 0.29) is 0 Å². The highest BCUT2D eigenvalue weighted by atomic mass is 16.3. The molecule has 0 amide bonds. The van der Waals surface area contributed by atoms with E-state index < -0.39 is 5.60 Å². The third-order valence-electron chi connectivity index (χ3n) is 3.25. The summed E-state index contributed by atoms with van der Waals surface area (Å²) in [5, 5.41) is 13.8. The molecule has 0 aromatic rings. The Labute approximate surface area is 81.7 Å². The molecule has 1 saturated heterocycles. The summed E-state index contributed by atoms with van der Waals surface area (Å²) in [6.07, 6.45) is 6.55. The smallest absolute Gasteiger partial charge is 0.0797 e. The van der Waals surface area contributed by atoms with Crippen LogP contribution in [-0.4, -0.2) is 23.3 Å². The molecule has 0 aromatic heterocycles. The standard InChI is InChI=1S/C11H23NO/c1-3-8-11(13,4-2)10-7-5-6-9-12-10/h10,12-13H,3-9H2,1-2H3. The number of aliphatic hydroxyl groups is 1. The maximum atomic E-state index is 10.4. The number of rotatable bonds is 4. The first-order valence-corrected chi connectivity index (χ1v) is 5.68. The van der Waals surface area contributed by atoms with E-state index in [1.807, 2.05) is 0 Å². The SMILES string of the molecule is CCCC(O)(CC)C1CCCCN1. The van der Waals surface area contributed by atoms with Crippen LogP contribution in [0.3, 0.4) is 0 Å². The van der Waals surface area contributed by atoms with Crippen LogP contribution in [0.5, 0.6) is 0 Å². The van der Waals surface area contributed by atoms with Crippen LogP contribution < -0.4 is 5.32 Å². The molecular formula is C11H23NO. The predicted molar refractivity (Wildman–Crippen MR) is 55.8 cm³/mol. The quantitative estimate of drug-likeness (QED) is 0.702. The van der Waals surface area contributed by atoms with Crippen molar-refractivity contribution in [1.82, 2.24) is 5.32 Å². The fourth-order valence-corrected chi connectivity index (χ4v) is 2.34. The van der Waals surface area contributed by atoms with Crippen molar-refractivity contribution >= 4 is 0 Å². The van der Waals surface area contributed by atoms with Crippen molar-refractivity contribution in [2.24, 2.45) is 0 Å². The summed E-state index contributed by atoms with van der Waals surface area (Å²) in [7, 11) is 0. The fourth-order valence-electron chi connectivity index (χ4n) is 2.34. The first-order valence-electron chi connectivity index (χ1n) is 5.68. The maximum Gasteiger partial charge on any atom is 0.0797 e. The van der Waals surface area contributed by atoms with Crippen molar-refractivity contribution in [1.29, 1.82) is 0 Å². The molecule has 0 radical (unpaired) electrons. The lowest BCUT2D eigenvalue weighted by molar-refractivity contribution is -0.0187. The minimum atomic E-state index is -0.449. The maximum absolute atomic E-state index is 10.4. The minimum absolute atomic E-state index is 0.339. The molecule has 2 atom stereocenters. The molecule has 0 saturated carbocycles. The Morgan fingerprint density at radius 1 is 1.38 bits per heavy atom. The molecule has 1 rings (SSSR count). The van der Waals surface area contributed by atoms with Crippen molar-refractivity contribution in [2.75, 3.05) is 6.54 Å². The second-order valence-corrected chi connectivity index (χ2v) is 4.21. The highest BCUT2D eigenvalue weighted by molar-refractivity contribution is 4.91. The van der Waals surface area contributed by atoms with E-state index in [1.165, 1.54) is 12.8 Å². The first kappa shape index (κ1) is 11.0. The van der Waals surface area contributed by atoms with Gasteiger partial charge < -0.3 is 10.4 Å². The highest BCUT2D eigenvalue weighted by Crippen LogP contribution is 2.26. The number of nitrogens with one attached hydrogen (secondary N) is 1. The van der Waals surface area contributed by atoms with Crippen LogP contribution >= 0.6 is 0 Å². The van der Waals surface area contributed by atoms with Crippen LogP contribution in [0.2, 0.25) is 0 Å². The van der Waals surface area contributed by atoms with Crippen LogP contribution in [0.4, 0.5) is 0 Å². The normalized spacial score (nSPS) is 28.4. The number of hydrogen-bond donors (Lipinski definition) is 2. The van der Waals surface area contributed by atoms with Crippen LogP contribution in [0.15, 0.2) is 0 Å². The van der Waals surface area contributed by atoms with Gasteiger partial charge in [-0.2, -0.15) is 0 Å². The summed E-state index contributed by atoms with van der Waals surface area (Å²) >= 11 is 0. The Morgan fingerprint density at radius 3 is 2.62 bits per heavy atom. The van der Waals surface area contributed by atoms with Gasteiger partial charge in [0.2, 0.25) is 0 Å². The second kappa shape index (κ2) is 4.97. The zero-order valence-corrected chi connectivity index (χ0v) is 8.97. The molecule has 0 aliphatic carbocycles. The third-order valence-corrected chi connectivity index (χ3v) is 3.25. The summed E-state index contributed by atoms with van der Waals surface area (Å²) in [5.74, 6) is 0. The highest BCUT2D eigenvalue weighted by Gasteiger charge is 2.34. The lowest BCUT2D eigenvalue weighted by Gasteiger charge is -2.38. The minimum Gasteiger partial charge on any atom is -0.388 e. The molecule has 0 spiro atoms.